The normalized spacial score (nSPS) is 20.6. The fraction of sp³-hybridized carbons (Fsp3) is 0.435. The maximum Gasteiger partial charge on any atom is 0.407 e. The van der Waals surface area contributed by atoms with Gasteiger partial charge in [-0.3, -0.25) is 9.59 Å². The summed E-state index contributed by atoms with van der Waals surface area (Å²) >= 11 is 0. The summed E-state index contributed by atoms with van der Waals surface area (Å²) < 4.78 is 39.6. The second-order valence-corrected chi connectivity index (χ2v) is 23.6. The highest BCUT2D eigenvalue weighted by molar-refractivity contribution is 6.78. The van der Waals surface area contributed by atoms with Crippen molar-refractivity contribution in [3.05, 3.63) is 72.3 Å². The Bertz CT molecular complexity index is 2560. The highest BCUT2D eigenvalue weighted by Crippen LogP contribution is 2.47. The number of hydrogen-bond acceptors (Lipinski definition) is 8. The molecule has 2 aliphatic heterocycles. The van der Waals surface area contributed by atoms with E-state index in [1.807, 2.05) is 44.2 Å². The number of rotatable bonds is 10. The standard InChI is InChI=1S/C46H53F2N7O6Si/c1-23(2)36(53-44(58)60-5)40(56)31-20-62(7,8)21-32(31)41-49-33-15-11-27-17-25(9-13-29(27)38(33)51-41)26-10-14-30-28(18-26)12-16-34-39(30)52-42(50-34)35-19-46(47,48)22-55(35)43(57)37(24(3)4)54-45(59)61-6/h9-18,23-24,31-32,35-37H,19-22H2,1-8H3,(H,49,51)(H,50,52)(H,53,58)(H,54,59)/t31?,32-,35+,36+,37+/m1/s1. The van der Waals surface area contributed by atoms with Crippen LogP contribution in [0.1, 0.15) is 57.7 Å². The minimum absolute atomic E-state index is 0.0236. The van der Waals surface area contributed by atoms with Gasteiger partial charge in [0.15, 0.2) is 5.78 Å². The molecule has 0 aliphatic carbocycles. The number of benzene rings is 4. The summed E-state index contributed by atoms with van der Waals surface area (Å²) in [7, 11) is 0.740. The molecule has 16 heteroatoms. The number of H-pyrrole nitrogens is 2. The van der Waals surface area contributed by atoms with Crippen molar-refractivity contribution < 1.29 is 37.4 Å². The third kappa shape index (κ3) is 8.00. The van der Waals surface area contributed by atoms with E-state index in [9.17, 15) is 19.2 Å². The van der Waals surface area contributed by atoms with Gasteiger partial charge in [-0.15, -0.1) is 0 Å². The molecule has 2 aromatic heterocycles. The Kier molecular flexibility index (Phi) is 11.1. The zero-order chi connectivity index (χ0) is 44.4. The van der Waals surface area contributed by atoms with Crippen LogP contribution >= 0.6 is 0 Å². The molecule has 13 nitrogen and oxygen atoms in total. The molecule has 0 saturated carbocycles. The van der Waals surface area contributed by atoms with E-state index in [1.165, 1.54) is 14.2 Å². The molecule has 4 aromatic carbocycles. The zero-order valence-corrected chi connectivity index (χ0v) is 37.2. The van der Waals surface area contributed by atoms with Crippen LogP contribution in [0.2, 0.25) is 25.2 Å². The number of imidazole rings is 2. The van der Waals surface area contributed by atoms with Gasteiger partial charge in [-0.2, -0.15) is 0 Å². The van der Waals surface area contributed by atoms with Crippen molar-refractivity contribution in [2.45, 2.75) is 89.3 Å². The topological polar surface area (TPSA) is 171 Å². The third-order valence-electron chi connectivity index (χ3n) is 12.7. The molecule has 4 N–H and O–H groups in total. The van der Waals surface area contributed by atoms with E-state index in [4.69, 9.17) is 14.7 Å². The van der Waals surface area contributed by atoms with Crippen LogP contribution in [0.15, 0.2) is 60.7 Å². The Balaban J connectivity index is 1.08. The lowest BCUT2D eigenvalue weighted by Gasteiger charge is -2.29. The highest BCUT2D eigenvalue weighted by atomic mass is 28.3. The van der Waals surface area contributed by atoms with Crippen molar-refractivity contribution in [1.29, 1.82) is 0 Å². The molecular weight excluding hydrogens is 813 g/mol. The number of halogens is 2. The Morgan fingerprint density at radius 2 is 1.27 bits per heavy atom. The van der Waals surface area contributed by atoms with Crippen molar-refractivity contribution in [1.82, 2.24) is 35.5 Å². The zero-order valence-electron chi connectivity index (χ0n) is 36.2. The van der Waals surface area contributed by atoms with E-state index in [0.717, 1.165) is 66.5 Å². The first-order valence-corrected chi connectivity index (χ1v) is 24.5. The van der Waals surface area contributed by atoms with E-state index in [0.29, 0.717) is 11.0 Å². The van der Waals surface area contributed by atoms with E-state index < -0.39 is 63.2 Å². The number of amides is 3. The number of aromatic amines is 2. The molecule has 8 rings (SSSR count). The maximum atomic E-state index is 15.0. The first-order chi connectivity index (χ1) is 29.4. The Hall–Kier alpha value is -5.90. The average Bonchev–Trinajstić information content (AvgIpc) is 4.02. The third-order valence-corrected chi connectivity index (χ3v) is 15.8. The number of alkyl halides is 2. The largest absolute Gasteiger partial charge is 0.453 e. The van der Waals surface area contributed by atoms with Crippen LogP contribution in [0.3, 0.4) is 0 Å². The summed E-state index contributed by atoms with van der Waals surface area (Å²) in [5.74, 6) is -3.54. The fourth-order valence-corrected chi connectivity index (χ4v) is 13.1. The molecule has 2 fully saturated rings. The average molecular weight is 866 g/mol. The van der Waals surface area contributed by atoms with Gasteiger partial charge in [0.2, 0.25) is 5.91 Å². The van der Waals surface area contributed by atoms with Crippen LogP contribution in [0.4, 0.5) is 18.4 Å². The van der Waals surface area contributed by atoms with E-state index in [2.05, 4.69) is 68.8 Å². The predicted molar refractivity (Wildman–Crippen MR) is 237 cm³/mol. The molecule has 1 unspecified atom stereocenters. The number of fused-ring (bicyclic) bond motifs is 6. The number of aromatic nitrogens is 4. The van der Waals surface area contributed by atoms with Gasteiger partial charge >= 0.3 is 12.2 Å². The van der Waals surface area contributed by atoms with E-state index in [1.54, 1.807) is 13.8 Å². The lowest BCUT2D eigenvalue weighted by molar-refractivity contribution is -0.136. The predicted octanol–water partition coefficient (Wildman–Crippen LogP) is 9.07. The van der Waals surface area contributed by atoms with Gasteiger partial charge in [0.1, 0.15) is 17.7 Å². The number of carbonyl (C=O) groups excluding carboxylic acids is 4. The SMILES string of the molecule is COC(=O)N[C@H](C(=O)C1C[Si](C)(C)C[C@H]1c1nc2c(ccc3cc(-c4ccc5c(ccc6[nH]c([C@@H]7CC(F)(F)CN7C(=O)[C@@H](NC(=O)OC)C(C)C)nc65)c4)ccc32)[nH]1)C(C)C. The molecular formula is C46H53F2N7O6Si. The second kappa shape index (κ2) is 16.1. The summed E-state index contributed by atoms with van der Waals surface area (Å²) in [6, 6.07) is 19.2. The van der Waals surface area contributed by atoms with Gasteiger partial charge in [0.05, 0.1) is 54.9 Å². The molecule has 6 aromatic rings. The molecule has 2 aliphatic rings. The van der Waals surface area contributed by atoms with Gasteiger partial charge < -0.3 is 35.0 Å². The summed E-state index contributed by atoms with van der Waals surface area (Å²) in [5, 5.41) is 9.00. The highest BCUT2D eigenvalue weighted by Gasteiger charge is 2.51. The minimum Gasteiger partial charge on any atom is -0.453 e. The Labute approximate surface area is 358 Å². The number of nitrogens with zero attached hydrogens (tertiary/aromatic N) is 3. The van der Waals surface area contributed by atoms with Gasteiger partial charge in [0.25, 0.3) is 5.92 Å². The molecule has 4 heterocycles. The van der Waals surface area contributed by atoms with Gasteiger partial charge in [-0.1, -0.05) is 77.2 Å². The molecule has 62 heavy (non-hydrogen) atoms. The van der Waals surface area contributed by atoms with Gasteiger partial charge in [0, 0.05) is 37.1 Å². The number of ketones is 1. The Morgan fingerprint density at radius 3 is 1.81 bits per heavy atom. The quantitative estimate of drug-likeness (QED) is 0.0988. The van der Waals surface area contributed by atoms with Gasteiger partial charge in [-0.25, -0.2) is 28.3 Å². The number of methoxy groups -OCH3 is 2. The molecule has 0 radical (unpaired) electrons. The number of nitrogens with one attached hydrogen (secondary N) is 4. The van der Waals surface area contributed by atoms with Crippen molar-refractivity contribution >= 4 is 75.6 Å². The van der Waals surface area contributed by atoms with Crippen LogP contribution in [-0.4, -0.2) is 95.6 Å². The summed E-state index contributed by atoms with van der Waals surface area (Å²) in [4.78, 5) is 69.9. The van der Waals surface area contributed by atoms with Crippen molar-refractivity contribution in [3.63, 3.8) is 0 Å². The van der Waals surface area contributed by atoms with E-state index in [-0.39, 0.29) is 35.3 Å². The maximum absolute atomic E-state index is 15.0. The molecule has 5 atom stereocenters. The fourth-order valence-electron chi connectivity index (χ4n) is 9.63. The summed E-state index contributed by atoms with van der Waals surface area (Å²) in [6.07, 6.45) is -2.03. The van der Waals surface area contributed by atoms with E-state index >= 15 is 8.78 Å². The molecule has 3 amide bonds. The first-order valence-electron chi connectivity index (χ1n) is 21.1. The molecule has 0 spiro atoms. The molecule has 2 saturated heterocycles. The van der Waals surface area contributed by atoms with Gasteiger partial charge in [-0.05, 0) is 70.1 Å². The number of hydrogen-bond donors (Lipinski definition) is 4. The lowest BCUT2D eigenvalue weighted by atomic mass is 9.84. The Morgan fingerprint density at radius 1 is 0.758 bits per heavy atom. The van der Waals surface area contributed by atoms with Crippen LogP contribution in [0.5, 0.6) is 0 Å². The smallest absolute Gasteiger partial charge is 0.407 e. The number of Topliss-reactive ketones (excluding diaryl/α,β-unsaturated/α-hetero) is 1. The van der Waals surface area contributed by atoms with Crippen LogP contribution in [-0.2, 0) is 19.1 Å². The minimum atomic E-state index is -3.14. The van der Waals surface area contributed by atoms with Crippen molar-refractivity contribution in [3.8, 4) is 11.1 Å². The van der Waals surface area contributed by atoms with Crippen LogP contribution in [0.25, 0.3) is 54.7 Å². The molecule has 0 bridgehead atoms. The number of alkyl carbamates (subject to hydrolysis) is 2. The second-order valence-electron chi connectivity index (χ2n) is 18.5. The van der Waals surface area contributed by atoms with Crippen molar-refractivity contribution in [2.24, 2.45) is 17.8 Å². The monoisotopic (exact) mass is 865 g/mol. The summed E-state index contributed by atoms with van der Waals surface area (Å²) in [6.45, 7) is 11.1. The first kappa shape index (κ1) is 42.8. The van der Waals surface area contributed by atoms with Crippen molar-refractivity contribution in [2.75, 3.05) is 20.8 Å². The summed E-state index contributed by atoms with van der Waals surface area (Å²) in [5.41, 5.74) is 4.96. The number of carbonyl (C=O) groups is 4. The lowest BCUT2D eigenvalue weighted by Crippen LogP contribution is -2.51. The number of likely N-dealkylation sites (tertiary alicyclic amines) is 1. The van der Waals surface area contributed by atoms with Crippen LogP contribution < -0.4 is 10.6 Å². The molecule has 326 valence electrons. The number of ether oxygens (including phenoxy) is 2. The van der Waals surface area contributed by atoms with Crippen LogP contribution in [0, 0.1) is 17.8 Å².